The predicted octanol–water partition coefficient (Wildman–Crippen LogP) is 7.37. The fraction of sp³-hybridized carbons (Fsp3) is 0.774. The Morgan fingerprint density at radius 1 is 1.05 bits per heavy atom. The first-order chi connectivity index (χ1) is 17.5. The van der Waals surface area contributed by atoms with Gasteiger partial charge in [0.05, 0.1) is 31.3 Å². The van der Waals surface area contributed by atoms with Crippen LogP contribution in [0.5, 0.6) is 0 Å². The lowest BCUT2D eigenvalue weighted by atomic mass is 9.88. The third-order valence-electron chi connectivity index (χ3n) is 7.58. The number of ether oxygens (including phenoxy) is 2. The van der Waals surface area contributed by atoms with E-state index < -0.39 is 19.8 Å². The Morgan fingerprint density at radius 3 is 2.24 bits per heavy atom. The zero-order valence-corrected chi connectivity index (χ0v) is 26.7. The minimum atomic E-state index is -1.99. The zero-order chi connectivity index (χ0) is 29.1. The number of rotatable bonds is 15. The highest BCUT2D eigenvalue weighted by Crippen LogP contribution is 2.40. The number of allylic oxidation sites excluding steroid dienone is 1. The number of methoxy groups -OCH3 is 1. The molecule has 0 N–H and O–H groups in total. The van der Waals surface area contributed by atoms with Crippen molar-refractivity contribution in [2.75, 3.05) is 7.11 Å². The summed E-state index contributed by atoms with van der Waals surface area (Å²) >= 11 is 0. The number of hydrogen-bond acceptors (Lipinski definition) is 6. The molecule has 0 spiro atoms. The quantitative estimate of drug-likeness (QED) is 0.0916. The van der Waals surface area contributed by atoms with Crippen LogP contribution in [0.25, 0.3) is 0 Å². The number of Topliss-reactive ketones (excluding diaryl/α,β-unsaturated/α-hetero) is 2. The number of carbonyl (C=O) groups excluding carboxylic acids is 3. The molecule has 0 aromatic rings. The van der Waals surface area contributed by atoms with E-state index in [2.05, 4.69) is 57.7 Å². The summed E-state index contributed by atoms with van der Waals surface area (Å²) in [5.74, 6) is -0.879. The Morgan fingerprint density at radius 2 is 1.68 bits per heavy atom. The predicted molar refractivity (Wildman–Crippen MR) is 157 cm³/mol. The van der Waals surface area contributed by atoms with Crippen molar-refractivity contribution in [3.8, 4) is 0 Å². The summed E-state index contributed by atoms with van der Waals surface area (Å²) in [6, 6.07) is 0. The molecule has 4 atom stereocenters. The molecule has 1 aliphatic rings. The molecular formula is C31H54O6Si. The van der Waals surface area contributed by atoms with E-state index in [1.807, 2.05) is 20.8 Å². The summed E-state index contributed by atoms with van der Waals surface area (Å²) in [6.45, 7) is 19.5. The van der Waals surface area contributed by atoms with Crippen LogP contribution in [0.3, 0.4) is 0 Å². The maximum absolute atomic E-state index is 13.1. The number of unbranched alkanes of at least 4 members (excludes halogenated alkanes) is 2. The third kappa shape index (κ3) is 12.1. The van der Waals surface area contributed by atoms with Crippen LogP contribution >= 0.6 is 0 Å². The fourth-order valence-corrected chi connectivity index (χ4v) is 5.75. The van der Waals surface area contributed by atoms with Gasteiger partial charge in [-0.1, -0.05) is 71.3 Å². The highest BCUT2D eigenvalue weighted by Gasteiger charge is 2.44. The molecule has 0 aliphatic heterocycles. The van der Waals surface area contributed by atoms with Crippen molar-refractivity contribution in [3.63, 3.8) is 0 Å². The second kappa shape index (κ2) is 15.3. The highest BCUT2D eigenvalue weighted by molar-refractivity contribution is 6.74. The normalized spacial score (nSPS) is 21.9. The second-order valence-electron chi connectivity index (χ2n) is 13.1. The van der Waals surface area contributed by atoms with Crippen LogP contribution < -0.4 is 0 Å². The maximum atomic E-state index is 13.1. The van der Waals surface area contributed by atoms with Gasteiger partial charge in [-0.3, -0.25) is 14.4 Å². The van der Waals surface area contributed by atoms with Gasteiger partial charge in [-0.05, 0) is 45.3 Å². The van der Waals surface area contributed by atoms with Gasteiger partial charge in [0.25, 0.3) is 0 Å². The van der Waals surface area contributed by atoms with Crippen molar-refractivity contribution in [1.29, 1.82) is 0 Å². The van der Waals surface area contributed by atoms with Gasteiger partial charge in [0.2, 0.25) is 0 Å². The number of ketones is 2. The van der Waals surface area contributed by atoms with Gasteiger partial charge in [-0.2, -0.15) is 0 Å². The first-order valence-corrected chi connectivity index (χ1v) is 17.2. The van der Waals surface area contributed by atoms with Crippen LogP contribution in [0.2, 0.25) is 18.1 Å². The van der Waals surface area contributed by atoms with Crippen LogP contribution in [0.4, 0.5) is 0 Å². The Labute approximate surface area is 233 Å². The maximum Gasteiger partial charge on any atom is 0.309 e. The van der Waals surface area contributed by atoms with E-state index in [0.29, 0.717) is 6.42 Å². The Hall–Kier alpha value is -1.57. The Balaban J connectivity index is 3.14. The molecule has 0 aromatic heterocycles. The van der Waals surface area contributed by atoms with E-state index >= 15 is 0 Å². The first kappa shape index (κ1) is 34.5. The molecule has 2 unspecified atom stereocenters. The van der Waals surface area contributed by atoms with Crippen molar-refractivity contribution in [1.82, 2.24) is 0 Å². The van der Waals surface area contributed by atoms with Crippen LogP contribution in [0, 0.1) is 11.8 Å². The van der Waals surface area contributed by atoms with Gasteiger partial charge < -0.3 is 13.9 Å². The number of carbonyl (C=O) groups is 3. The molecular weight excluding hydrogens is 496 g/mol. The molecule has 1 saturated carbocycles. The minimum absolute atomic E-state index is 0.0173. The summed E-state index contributed by atoms with van der Waals surface area (Å²) in [4.78, 5) is 37.2. The SMILES string of the molecule is CCCCCC(/C=C/[C@H]1C(OC(C)(C)C)CC(=O)[C@@H]1CC(=O)C/C=C/CC(=O)OC)O[Si](C)(C)C(C)(C)C. The standard InChI is InChI=1S/C31H54O6Si/c1-11-12-13-17-24(37-38(9,10)31(5,6)7)19-20-25-26(27(33)22-28(25)36-30(2,3)4)21-23(32)16-14-15-18-29(34)35-8/h14-15,19-20,24-26,28H,11-13,16-18,21-22H2,1-10H3/b15-14+,20-19+/t24?,25-,26-,28?/m1/s1. The molecule has 7 heteroatoms. The molecule has 6 nitrogen and oxygen atoms in total. The van der Waals surface area contributed by atoms with Gasteiger partial charge in [0.15, 0.2) is 8.32 Å². The van der Waals surface area contributed by atoms with Gasteiger partial charge in [-0.25, -0.2) is 0 Å². The van der Waals surface area contributed by atoms with Gasteiger partial charge in [0.1, 0.15) is 11.6 Å². The van der Waals surface area contributed by atoms with E-state index in [1.54, 1.807) is 12.2 Å². The van der Waals surface area contributed by atoms with Gasteiger partial charge in [-0.15, -0.1) is 0 Å². The molecule has 0 radical (unpaired) electrons. The lowest BCUT2D eigenvalue weighted by Crippen LogP contribution is -2.43. The van der Waals surface area contributed by atoms with Crippen LogP contribution in [0.15, 0.2) is 24.3 Å². The monoisotopic (exact) mass is 550 g/mol. The van der Waals surface area contributed by atoms with Crippen LogP contribution in [-0.2, 0) is 28.3 Å². The van der Waals surface area contributed by atoms with E-state index in [0.717, 1.165) is 25.7 Å². The van der Waals surface area contributed by atoms with E-state index in [-0.39, 0.29) is 60.0 Å². The summed E-state index contributed by atoms with van der Waals surface area (Å²) in [5, 5.41) is 0.0986. The van der Waals surface area contributed by atoms with Crippen LogP contribution in [-0.4, -0.2) is 50.8 Å². The molecule has 0 bridgehead atoms. The van der Waals surface area contributed by atoms with Crippen molar-refractivity contribution in [3.05, 3.63) is 24.3 Å². The van der Waals surface area contributed by atoms with E-state index in [1.165, 1.54) is 7.11 Å². The summed E-state index contributed by atoms with van der Waals surface area (Å²) in [6.07, 6.45) is 12.4. The first-order valence-electron chi connectivity index (χ1n) is 14.3. The molecule has 0 amide bonds. The minimum Gasteiger partial charge on any atom is -0.469 e. The molecule has 1 fully saturated rings. The highest BCUT2D eigenvalue weighted by atomic mass is 28.4. The molecule has 38 heavy (non-hydrogen) atoms. The Bertz CT molecular complexity index is 830. The largest absolute Gasteiger partial charge is 0.469 e. The molecule has 1 rings (SSSR count). The second-order valence-corrected chi connectivity index (χ2v) is 17.9. The summed E-state index contributed by atoms with van der Waals surface area (Å²) in [5.41, 5.74) is -0.398. The summed E-state index contributed by atoms with van der Waals surface area (Å²) in [7, 11) is -0.655. The van der Waals surface area contributed by atoms with Crippen molar-refractivity contribution in [2.45, 2.75) is 136 Å². The zero-order valence-electron chi connectivity index (χ0n) is 25.7. The van der Waals surface area contributed by atoms with Crippen molar-refractivity contribution in [2.24, 2.45) is 11.8 Å². The molecule has 218 valence electrons. The lowest BCUT2D eigenvalue weighted by Gasteiger charge is -2.39. The Kier molecular flexibility index (Phi) is 13.9. The van der Waals surface area contributed by atoms with E-state index in [4.69, 9.17) is 9.16 Å². The lowest BCUT2D eigenvalue weighted by molar-refractivity contribution is -0.139. The van der Waals surface area contributed by atoms with Crippen molar-refractivity contribution < 1.29 is 28.3 Å². The molecule has 0 saturated heterocycles. The number of esters is 1. The smallest absolute Gasteiger partial charge is 0.309 e. The topological polar surface area (TPSA) is 78.9 Å². The summed E-state index contributed by atoms with van der Waals surface area (Å²) < 4.78 is 17.8. The third-order valence-corrected chi connectivity index (χ3v) is 12.1. The molecule has 0 aromatic carbocycles. The average molecular weight is 551 g/mol. The van der Waals surface area contributed by atoms with Crippen LogP contribution in [0.1, 0.15) is 99.8 Å². The van der Waals surface area contributed by atoms with Gasteiger partial charge >= 0.3 is 5.97 Å². The van der Waals surface area contributed by atoms with Gasteiger partial charge in [0, 0.05) is 31.1 Å². The van der Waals surface area contributed by atoms with Crippen molar-refractivity contribution >= 4 is 25.9 Å². The van der Waals surface area contributed by atoms with E-state index in [9.17, 15) is 14.4 Å². The average Bonchev–Trinajstić information content (AvgIpc) is 3.05. The number of hydrogen-bond donors (Lipinski definition) is 0. The fourth-order valence-electron chi connectivity index (χ4n) is 4.45. The molecule has 1 aliphatic carbocycles. The molecule has 0 heterocycles.